The van der Waals surface area contributed by atoms with E-state index in [1.54, 1.807) is 11.8 Å². The topological polar surface area (TPSA) is 36.8 Å². The van der Waals surface area contributed by atoms with Gasteiger partial charge in [-0.25, -0.2) is 0 Å². The van der Waals surface area contributed by atoms with Crippen molar-refractivity contribution in [3.63, 3.8) is 0 Å². The van der Waals surface area contributed by atoms with Gasteiger partial charge in [-0.3, -0.25) is 0 Å². The first-order valence-corrected chi connectivity index (χ1v) is 8.22. The van der Waals surface area contributed by atoms with E-state index in [1.165, 1.54) is 21.6 Å². The van der Waals surface area contributed by atoms with E-state index < -0.39 is 0 Å². The molecule has 4 heteroatoms. The minimum absolute atomic E-state index is 0. The number of halogens is 1. The van der Waals surface area contributed by atoms with E-state index in [0.29, 0.717) is 0 Å². The average molecular weight is 366 g/mol. The number of nitrogens with two attached hydrogens (primary N) is 1. The Morgan fingerprint density at radius 1 is 1.14 bits per heavy atom. The van der Waals surface area contributed by atoms with Gasteiger partial charge in [-0.05, 0) is 29.5 Å². The Morgan fingerprint density at radius 2 is 1.86 bits per heavy atom. The second-order valence-corrected chi connectivity index (χ2v) is 6.12. The molecule has 0 fully saturated rings. The molecule has 0 aromatic heterocycles. The summed E-state index contributed by atoms with van der Waals surface area (Å²) < 4.78 is 0. The number of fused-ring (bicyclic) bond motifs is 1. The summed E-state index contributed by atoms with van der Waals surface area (Å²) in [5, 5.41) is 12.0. The maximum atomic E-state index is 9.71. The molecule has 1 heterocycles. The molecule has 112 valence electrons. The van der Waals surface area contributed by atoms with Gasteiger partial charge in [0.15, 0.2) is 0 Å². The molecule has 0 radical (unpaired) electrons. The summed E-state index contributed by atoms with van der Waals surface area (Å²) in [6.07, 6.45) is 2.09. The highest BCUT2D eigenvalue weighted by molar-refractivity contribution is 7.98. The lowest BCUT2D eigenvalue weighted by atomic mass is 9.80. The molecule has 0 amide bonds. The molecular weight excluding hydrogens is 346 g/mol. The minimum atomic E-state index is 0. The van der Waals surface area contributed by atoms with Crippen LogP contribution in [0.1, 0.15) is 22.6 Å². The number of aliphatic hydroxyl groups excluding tert-OH is 1. The van der Waals surface area contributed by atoms with Gasteiger partial charge < -0.3 is 27.4 Å². The molecule has 21 heavy (non-hydrogen) atoms. The molecule has 3 N–H and O–H groups in total. The van der Waals surface area contributed by atoms with Crippen LogP contribution in [0.2, 0.25) is 0 Å². The van der Waals surface area contributed by atoms with E-state index >= 15 is 0 Å². The van der Waals surface area contributed by atoms with E-state index in [-0.39, 0.29) is 35.5 Å². The van der Waals surface area contributed by atoms with Gasteiger partial charge >= 0.3 is 0 Å². The van der Waals surface area contributed by atoms with Crippen LogP contribution in [-0.2, 0) is 6.54 Å². The first kappa shape index (κ1) is 16.6. The average Bonchev–Trinajstić information content (AvgIpc) is 2.54. The predicted molar refractivity (Wildman–Crippen MR) is 83.0 cm³/mol. The summed E-state index contributed by atoms with van der Waals surface area (Å²) in [5.41, 5.74) is 4.05. The molecule has 0 saturated heterocycles. The molecule has 0 bridgehead atoms. The second-order valence-electron chi connectivity index (χ2n) is 5.24. The molecule has 1 aliphatic rings. The number of quaternary nitrogens is 1. The maximum absolute atomic E-state index is 9.71. The first-order valence-electron chi connectivity index (χ1n) is 6.99. The highest BCUT2D eigenvalue weighted by atomic mass is 79.9. The Bertz CT molecular complexity index is 588. The summed E-state index contributed by atoms with van der Waals surface area (Å²) in [6.45, 7) is 1.17. The zero-order valence-corrected chi connectivity index (χ0v) is 14.4. The van der Waals surface area contributed by atoms with Gasteiger partial charge in [0.1, 0.15) is 12.6 Å². The third-order valence-electron chi connectivity index (χ3n) is 4.14. The Balaban J connectivity index is 0.00000161. The number of thioether (sulfide) groups is 1. The summed E-state index contributed by atoms with van der Waals surface area (Å²) in [4.78, 5) is 1.28. The fourth-order valence-electron chi connectivity index (χ4n) is 3.09. The van der Waals surface area contributed by atoms with Crippen LogP contribution in [0.15, 0.2) is 53.4 Å². The SMILES string of the molecule is CSc1ccc([C@@H]2c3ccccc3C[NH2+][C@H]2CO)cc1.[Br-]. The van der Waals surface area contributed by atoms with Crippen LogP contribution in [0, 0.1) is 0 Å². The lowest BCUT2D eigenvalue weighted by Gasteiger charge is -2.31. The molecule has 0 saturated carbocycles. The van der Waals surface area contributed by atoms with Crippen LogP contribution in [-0.4, -0.2) is 24.0 Å². The van der Waals surface area contributed by atoms with Crippen molar-refractivity contribution in [2.75, 3.05) is 12.9 Å². The monoisotopic (exact) mass is 365 g/mol. The molecule has 2 nitrogen and oxygen atoms in total. The zero-order valence-electron chi connectivity index (χ0n) is 12.0. The fraction of sp³-hybridized carbons (Fsp3) is 0.294. The van der Waals surface area contributed by atoms with E-state index in [9.17, 15) is 5.11 Å². The van der Waals surface area contributed by atoms with Gasteiger partial charge in [0.2, 0.25) is 0 Å². The smallest absolute Gasteiger partial charge is 0.121 e. The van der Waals surface area contributed by atoms with E-state index in [1.807, 2.05) is 0 Å². The fourth-order valence-corrected chi connectivity index (χ4v) is 3.49. The Kier molecular flexibility index (Phi) is 5.88. The maximum Gasteiger partial charge on any atom is 0.121 e. The number of benzene rings is 2. The van der Waals surface area contributed by atoms with Crippen molar-refractivity contribution in [1.82, 2.24) is 0 Å². The second kappa shape index (κ2) is 7.45. The molecule has 1 aliphatic heterocycles. The third kappa shape index (κ3) is 3.34. The van der Waals surface area contributed by atoms with Crippen molar-refractivity contribution in [3.8, 4) is 0 Å². The highest BCUT2D eigenvalue weighted by Crippen LogP contribution is 2.32. The number of hydrogen-bond donors (Lipinski definition) is 2. The molecular formula is C17H20BrNOS. The summed E-state index contributed by atoms with van der Waals surface area (Å²) in [7, 11) is 0. The lowest BCUT2D eigenvalue weighted by Crippen LogP contribution is -3.00. The molecule has 0 aliphatic carbocycles. The summed E-state index contributed by atoms with van der Waals surface area (Å²) >= 11 is 1.76. The van der Waals surface area contributed by atoms with Crippen LogP contribution in [0.5, 0.6) is 0 Å². The zero-order chi connectivity index (χ0) is 13.9. The van der Waals surface area contributed by atoms with Crippen molar-refractivity contribution >= 4 is 11.8 Å². The highest BCUT2D eigenvalue weighted by Gasteiger charge is 2.32. The Labute approximate surface area is 140 Å². The van der Waals surface area contributed by atoms with Gasteiger partial charge in [0.05, 0.1) is 12.5 Å². The Hall–Kier alpha value is -0.810. The summed E-state index contributed by atoms with van der Waals surface area (Å²) in [5.74, 6) is 0.279. The molecule has 0 unspecified atom stereocenters. The van der Waals surface area contributed by atoms with E-state index in [2.05, 4.69) is 60.1 Å². The normalized spacial score (nSPS) is 20.5. The number of hydrogen-bond acceptors (Lipinski definition) is 2. The Morgan fingerprint density at radius 3 is 2.52 bits per heavy atom. The summed E-state index contributed by atoms with van der Waals surface area (Å²) in [6, 6.07) is 17.6. The third-order valence-corrected chi connectivity index (χ3v) is 4.89. The van der Waals surface area contributed by atoms with Gasteiger partial charge in [-0.2, -0.15) is 0 Å². The molecule has 2 atom stereocenters. The van der Waals surface area contributed by atoms with Crippen molar-refractivity contribution in [2.24, 2.45) is 0 Å². The van der Waals surface area contributed by atoms with E-state index in [0.717, 1.165) is 6.54 Å². The van der Waals surface area contributed by atoms with Gasteiger partial charge in [0, 0.05) is 10.5 Å². The van der Waals surface area contributed by atoms with E-state index in [4.69, 9.17) is 0 Å². The van der Waals surface area contributed by atoms with Crippen LogP contribution < -0.4 is 22.3 Å². The van der Waals surface area contributed by atoms with Crippen LogP contribution in [0.25, 0.3) is 0 Å². The van der Waals surface area contributed by atoms with Crippen LogP contribution >= 0.6 is 11.8 Å². The van der Waals surface area contributed by atoms with Crippen molar-refractivity contribution in [2.45, 2.75) is 23.4 Å². The van der Waals surface area contributed by atoms with Crippen molar-refractivity contribution in [1.29, 1.82) is 0 Å². The van der Waals surface area contributed by atoms with Gasteiger partial charge in [-0.1, -0.05) is 36.4 Å². The standard InChI is InChI=1S/C17H19NOS.BrH/c1-20-14-8-6-12(7-9-14)17-15-5-3-2-4-13(15)10-18-16(17)11-19;/h2-9,16-19H,10-11H2,1H3;1H/t16-,17+;/m0./s1. The molecule has 3 rings (SSSR count). The quantitative estimate of drug-likeness (QED) is 0.683. The predicted octanol–water partition coefficient (Wildman–Crippen LogP) is -1.02. The first-order chi connectivity index (χ1) is 9.83. The largest absolute Gasteiger partial charge is 1.00 e. The minimum Gasteiger partial charge on any atom is -1.00 e. The van der Waals surface area contributed by atoms with Crippen molar-refractivity contribution < 1.29 is 27.4 Å². The number of rotatable bonds is 3. The number of aliphatic hydroxyl groups is 1. The van der Waals surface area contributed by atoms with Gasteiger partial charge in [-0.15, -0.1) is 11.8 Å². The van der Waals surface area contributed by atoms with Crippen LogP contribution in [0.3, 0.4) is 0 Å². The van der Waals surface area contributed by atoms with Crippen molar-refractivity contribution in [3.05, 3.63) is 65.2 Å². The van der Waals surface area contributed by atoms with Gasteiger partial charge in [0.25, 0.3) is 0 Å². The molecule has 2 aromatic carbocycles. The molecule has 0 spiro atoms. The van der Waals surface area contributed by atoms with Crippen LogP contribution in [0.4, 0.5) is 0 Å². The lowest BCUT2D eigenvalue weighted by molar-refractivity contribution is -0.711. The molecule has 2 aromatic rings.